The van der Waals surface area contributed by atoms with Crippen LogP contribution in [0.3, 0.4) is 0 Å². The number of ketones is 1. The summed E-state index contributed by atoms with van der Waals surface area (Å²) in [5, 5.41) is 9.38. The molecule has 0 fully saturated rings. The fraction of sp³-hybridized carbons (Fsp3) is 0.500. The van der Waals surface area contributed by atoms with Crippen molar-refractivity contribution in [2.45, 2.75) is 39.4 Å². The van der Waals surface area contributed by atoms with E-state index in [2.05, 4.69) is 4.90 Å². The standard InChI is InChI=1S/C14H19NO2/c1-10(17)11-4-5-12-7-15(8-13(12)6-11)14(2,3)9-16/h4-6,16H,7-9H2,1-3H3. The SMILES string of the molecule is CC(=O)c1ccc2c(c1)CN(C(C)(C)CO)C2. The molecule has 1 heterocycles. The third-order valence-electron chi connectivity index (χ3n) is 3.58. The van der Waals surface area contributed by atoms with Gasteiger partial charge in [-0.25, -0.2) is 0 Å². The highest BCUT2D eigenvalue weighted by Gasteiger charge is 2.31. The molecule has 3 nitrogen and oxygen atoms in total. The summed E-state index contributed by atoms with van der Waals surface area (Å²) >= 11 is 0. The summed E-state index contributed by atoms with van der Waals surface area (Å²) in [7, 11) is 0. The van der Waals surface area contributed by atoms with E-state index in [1.807, 2.05) is 32.0 Å². The van der Waals surface area contributed by atoms with Crippen molar-refractivity contribution in [3.63, 3.8) is 0 Å². The van der Waals surface area contributed by atoms with Gasteiger partial charge in [0.15, 0.2) is 5.78 Å². The van der Waals surface area contributed by atoms with Crippen molar-refractivity contribution in [3.05, 3.63) is 34.9 Å². The van der Waals surface area contributed by atoms with E-state index < -0.39 is 0 Å². The van der Waals surface area contributed by atoms with Crippen LogP contribution in [-0.2, 0) is 13.1 Å². The minimum Gasteiger partial charge on any atom is -0.394 e. The molecule has 0 unspecified atom stereocenters. The topological polar surface area (TPSA) is 40.5 Å². The van der Waals surface area contributed by atoms with Gasteiger partial charge < -0.3 is 5.11 Å². The van der Waals surface area contributed by atoms with Crippen molar-refractivity contribution in [2.24, 2.45) is 0 Å². The summed E-state index contributed by atoms with van der Waals surface area (Å²) in [5.41, 5.74) is 3.03. The summed E-state index contributed by atoms with van der Waals surface area (Å²) in [4.78, 5) is 13.6. The molecular weight excluding hydrogens is 214 g/mol. The molecule has 1 N–H and O–H groups in total. The van der Waals surface area contributed by atoms with Crippen molar-refractivity contribution in [3.8, 4) is 0 Å². The van der Waals surface area contributed by atoms with Gasteiger partial charge in [0.2, 0.25) is 0 Å². The van der Waals surface area contributed by atoms with Gasteiger partial charge in [-0.3, -0.25) is 9.69 Å². The van der Waals surface area contributed by atoms with Crippen molar-refractivity contribution < 1.29 is 9.90 Å². The van der Waals surface area contributed by atoms with Crippen LogP contribution < -0.4 is 0 Å². The third-order valence-corrected chi connectivity index (χ3v) is 3.58. The van der Waals surface area contributed by atoms with Gasteiger partial charge in [0.1, 0.15) is 0 Å². The summed E-state index contributed by atoms with van der Waals surface area (Å²) in [5.74, 6) is 0.104. The number of nitrogens with zero attached hydrogens (tertiary/aromatic N) is 1. The molecule has 0 saturated carbocycles. The van der Waals surface area contributed by atoms with E-state index >= 15 is 0 Å². The lowest BCUT2D eigenvalue weighted by molar-refractivity contribution is 0.0545. The smallest absolute Gasteiger partial charge is 0.159 e. The van der Waals surface area contributed by atoms with Crippen LogP contribution in [-0.4, -0.2) is 27.9 Å². The molecule has 1 aromatic carbocycles. The Labute approximate surface area is 102 Å². The Balaban J connectivity index is 2.25. The van der Waals surface area contributed by atoms with E-state index in [0.717, 1.165) is 18.7 Å². The van der Waals surface area contributed by atoms with E-state index in [1.54, 1.807) is 6.92 Å². The molecule has 2 rings (SSSR count). The third kappa shape index (κ3) is 2.26. The number of aliphatic hydroxyl groups excluding tert-OH is 1. The van der Waals surface area contributed by atoms with Gasteiger partial charge >= 0.3 is 0 Å². The summed E-state index contributed by atoms with van der Waals surface area (Å²) < 4.78 is 0. The molecule has 3 heteroatoms. The minimum atomic E-state index is -0.213. The predicted octanol–water partition coefficient (Wildman–Crippen LogP) is 1.98. The van der Waals surface area contributed by atoms with Gasteiger partial charge in [0.05, 0.1) is 6.61 Å². The second-order valence-corrected chi connectivity index (χ2v) is 5.37. The number of benzene rings is 1. The maximum Gasteiger partial charge on any atom is 0.159 e. The highest BCUT2D eigenvalue weighted by molar-refractivity contribution is 5.94. The Hall–Kier alpha value is -1.19. The first kappa shape index (κ1) is 12.3. The molecule has 0 aliphatic carbocycles. The van der Waals surface area contributed by atoms with Crippen molar-refractivity contribution in [1.29, 1.82) is 0 Å². The fourth-order valence-corrected chi connectivity index (χ4v) is 2.14. The van der Waals surface area contributed by atoms with Crippen LogP contribution in [0.2, 0.25) is 0 Å². The van der Waals surface area contributed by atoms with Crippen LogP contribution in [0.15, 0.2) is 18.2 Å². The van der Waals surface area contributed by atoms with E-state index in [4.69, 9.17) is 0 Å². The molecule has 0 spiro atoms. The van der Waals surface area contributed by atoms with Crippen molar-refractivity contribution >= 4 is 5.78 Å². The zero-order valence-corrected chi connectivity index (χ0v) is 10.7. The van der Waals surface area contributed by atoms with Gasteiger partial charge in [0, 0.05) is 24.2 Å². The number of aliphatic hydroxyl groups is 1. The van der Waals surface area contributed by atoms with Crippen LogP contribution in [0.1, 0.15) is 42.3 Å². The number of hydrogen-bond donors (Lipinski definition) is 1. The van der Waals surface area contributed by atoms with Crippen molar-refractivity contribution in [1.82, 2.24) is 4.90 Å². The monoisotopic (exact) mass is 233 g/mol. The second kappa shape index (κ2) is 4.24. The molecule has 17 heavy (non-hydrogen) atoms. The van der Waals surface area contributed by atoms with E-state index in [-0.39, 0.29) is 17.9 Å². The zero-order valence-electron chi connectivity index (χ0n) is 10.7. The van der Waals surface area contributed by atoms with Crippen LogP contribution in [0.5, 0.6) is 0 Å². The second-order valence-electron chi connectivity index (χ2n) is 5.37. The van der Waals surface area contributed by atoms with Gasteiger partial charge in [-0.15, -0.1) is 0 Å². The summed E-state index contributed by atoms with van der Waals surface area (Å²) in [6.45, 7) is 7.45. The van der Waals surface area contributed by atoms with E-state index in [1.165, 1.54) is 11.1 Å². The predicted molar refractivity (Wildman–Crippen MR) is 66.9 cm³/mol. The molecule has 92 valence electrons. The Morgan fingerprint density at radius 3 is 2.59 bits per heavy atom. The van der Waals surface area contributed by atoms with Gasteiger partial charge in [0.25, 0.3) is 0 Å². The molecule has 0 radical (unpaired) electrons. The maximum absolute atomic E-state index is 11.3. The molecule has 0 amide bonds. The molecule has 0 bridgehead atoms. The first-order chi connectivity index (χ1) is 7.94. The average molecular weight is 233 g/mol. The Morgan fingerprint density at radius 1 is 1.35 bits per heavy atom. The van der Waals surface area contributed by atoms with Crippen LogP contribution >= 0.6 is 0 Å². The number of carbonyl (C=O) groups is 1. The van der Waals surface area contributed by atoms with Gasteiger partial charge in [-0.1, -0.05) is 12.1 Å². The zero-order chi connectivity index (χ0) is 12.6. The van der Waals surface area contributed by atoms with Gasteiger partial charge in [-0.2, -0.15) is 0 Å². The first-order valence-corrected chi connectivity index (χ1v) is 5.93. The molecule has 1 aromatic rings. The highest BCUT2D eigenvalue weighted by Crippen LogP contribution is 2.29. The largest absolute Gasteiger partial charge is 0.394 e. The molecular formula is C14H19NO2. The molecule has 0 saturated heterocycles. The maximum atomic E-state index is 11.3. The lowest BCUT2D eigenvalue weighted by Crippen LogP contribution is -2.43. The van der Waals surface area contributed by atoms with Crippen LogP contribution in [0, 0.1) is 0 Å². The summed E-state index contributed by atoms with van der Waals surface area (Å²) in [6.07, 6.45) is 0. The number of fused-ring (bicyclic) bond motifs is 1. The fourth-order valence-electron chi connectivity index (χ4n) is 2.14. The average Bonchev–Trinajstić information content (AvgIpc) is 2.72. The Morgan fingerprint density at radius 2 is 2.00 bits per heavy atom. The highest BCUT2D eigenvalue weighted by atomic mass is 16.3. The lowest BCUT2D eigenvalue weighted by Gasteiger charge is -2.33. The summed E-state index contributed by atoms with van der Waals surface area (Å²) in [6, 6.07) is 5.89. The minimum absolute atomic E-state index is 0.104. The van der Waals surface area contributed by atoms with E-state index in [0.29, 0.717) is 0 Å². The van der Waals surface area contributed by atoms with Gasteiger partial charge in [-0.05, 0) is 38.0 Å². The number of Topliss-reactive ketones (excluding diaryl/α,β-unsaturated/α-hetero) is 1. The quantitative estimate of drug-likeness (QED) is 0.811. The molecule has 1 aliphatic heterocycles. The number of carbonyl (C=O) groups excluding carboxylic acids is 1. The van der Waals surface area contributed by atoms with Crippen LogP contribution in [0.4, 0.5) is 0 Å². The molecule has 0 atom stereocenters. The normalized spacial score (nSPS) is 16.0. The Bertz CT molecular complexity index is 452. The first-order valence-electron chi connectivity index (χ1n) is 5.93. The molecule has 1 aliphatic rings. The van der Waals surface area contributed by atoms with E-state index in [9.17, 15) is 9.90 Å². The van der Waals surface area contributed by atoms with Crippen LogP contribution in [0.25, 0.3) is 0 Å². The number of hydrogen-bond acceptors (Lipinski definition) is 3. The lowest BCUT2D eigenvalue weighted by atomic mass is 10.0. The number of rotatable bonds is 3. The Kier molecular flexibility index (Phi) is 3.06. The molecule has 0 aromatic heterocycles. The van der Waals surface area contributed by atoms with Crippen molar-refractivity contribution in [2.75, 3.05) is 6.61 Å².